The van der Waals surface area contributed by atoms with Crippen LogP contribution in [-0.4, -0.2) is 8.80 Å². The van der Waals surface area contributed by atoms with Gasteiger partial charge >= 0.3 is 0 Å². The number of rotatable bonds is 6. The maximum Gasteiger partial charge on any atom is 0.187 e. The molecular formula is C56H32N6. The van der Waals surface area contributed by atoms with Crippen LogP contribution < -0.4 is 9.80 Å². The molecule has 0 radical (unpaired) electrons. The van der Waals surface area contributed by atoms with E-state index in [-0.39, 0.29) is 99.6 Å². The Bertz CT molecular complexity index is 4510. The molecule has 0 aliphatic carbocycles. The molecule has 286 valence electrons. The van der Waals surface area contributed by atoms with Crippen molar-refractivity contribution in [1.82, 2.24) is 8.80 Å². The van der Waals surface area contributed by atoms with E-state index in [1.54, 1.807) is 119 Å². The molecule has 0 amide bonds. The number of benzene rings is 9. The zero-order chi connectivity index (χ0) is 53.2. The van der Waals surface area contributed by atoms with Gasteiger partial charge in [-0.1, -0.05) is 96.9 Å². The summed E-state index contributed by atoms with van der Waals surface area (Å²) in [7, 11) is 0. The molecule has 4 heterocycles. The third kappa shape index (κ3) is 4.61. The maximum absolute atomic E-state index is 10.4. The van der Waals surface area contributed by atoms with Crippen LogP contribution in [0.15, 0.2) is 194 Å². The first-order valence-corrected chi connectivity index (χ1v) is 19.6. The summed E-state index contributed by atoms with van der Waals surface area (Å²) in [5.41, 5.74) is 2.45. The van der Waals surface area contributed by atoms with E-state index >= 15 is 0 Å². The zero-order valence-electron chi connectivity index (χ0n) is 46.1. The molecule has 9 aromatic carbocycles. The number of nitrogens with zero attached hydrogens (tertiary/aromatic N) is 6. The van der Waals surface area contributed by atoms with Gasteiger partial charge < -0.3 is 18.6 Å². The molecule has 0 unspecified atom stereocenters. The summed E-state index contributed by atoms with van der Waals surface area (Å²) in [6.07, 6.45) is 0. The second kappa shape index (κ2) is 12.8. The Morgan fingerprint density at radius 3 is 1.35 bits per heavy atom. The van der Waals surface area contributed by atoms with Gasteiger partial charge in [-0.25, -0.2) is 4.85 Å². The van der Waals surface area contributed by atoms with Crippen molar-refractivity contribution in [2.75, 3.05) is 9.80 Å². The molecule has 6 nitrogen and oxygen atoms in total. The minimum absolute atomic E-state index is 0.0278. The average molecular weight is 803 g/mol. The molecule has 4 aromatic heterocycles. The molecule has 0 N–H and O–H groups in total. The van der Waals surface area contributed by atoms with Crippen molar-refractivity contribution in [2.24, 2.45) is 0 Å². The number of aromatic nitrogens is 2. The first-order valence-electron chi connectivity index (χ1n) is 26.6. The van der Waals surface area contributed by atoms with E-state index in [9.17, 15) is 19.0 Å². The molecule has 0 atom stereocenters. The fraction of sp³-hybridized carbons (Fsp3) is 0. The Kier molecular flexibility index (Phi) is 4.78. The van der Waals surface area contributed by atoms with Crippen LogP contribution >= 0.6 is 0 Å². The molecular weight excluding hydrogens is 757 g/mol. The number of hydrogen-bond donors (Lipinski definition) is 0. The number of anilines is 6. The molecule has 0 aliphatic heterocycles. The van der Waals surface area contributed by atoms with Crippen molar-refractivity contribution >= 4 is 116 Å². The Balaban J connectivity index is 1.28. The smallest absolute Gasteiger partial charge is 0.187 e. The quantitative estimate of drug-likeness (QED) is 0.157. The lowest BCUT2D eigenvalue weighted by Gasteiger charge is -2.26. The van der Waals surface area contributed by atoms with E-state index in [0.717, 1.165) is 0 Å². The van der Waals surface area contributed by atoms with Gasteiger partial charge in [0.05, 0.1) is 81.9 Å². The van der Waals surface area contributed by atoms with Gasteiger partial charge in [0.15, 0.2) is 5.69 Å². The van der Waals surface area contributed by atoms with Gasteiger partial charge in [-0.3, -0.25) is 0 Å². The minimum atomic E-state index is -0.607. The molecule has 0 saturated carbocycles. The Hall–Kier alpha value is -8.84. The van der Waals surface area contributed by atoms with Crippen LogP contribution in [0, 0.1) is 17.9 Å². The number of hydrogen-bond acceptors (Lipinski definition) is 3. The third-order valence-electron chi connectivity index (χ3n) is 11.6. The molecule has 0 aliphatic rings. The van der Waals surface area contributed by atoms with E-state index in [4.69, 9.17) is 12.1 Å². The first-order chi connectivity index (χ1) is 36.5. The van der Waals surface area contributed by atoms with E-state index in [2.05, 4.69) is 10.9 Å². The van der Waals surface area contributed by atoms with Crippen molar-refractivity contribution in [3.8, 4) is 6.07 Å². The van der Waals surface area contributed by atoms with Gasteiger partial charge in [0, 0.05) is 65.8 Å². The van der Waals surface area contributed by atoms with Gasteiger partial charge in [0.25, 0.3) is 0 Å². The summed E-state index contributed by atoms with van der Waals surface area (Å²) in [4.78, 5) is 6.89. The fourth-order valence-corrected chi connectivity index (χ4v) is 9.07. The van der Waals surface area contributed by atoms with Crippen LogP contribution in [0.3, 0.4) is 0 Å². The second-order valence-corrected chi connectivity index (χ2v) is 14.8. The zero-order valence-corrected chi connectivity index (χ0v) is 32.1. The molecule has 0 fully saturated rings. The van der Waals surface area contributed by atoms with Crippen molar-refractivity contribution in [2.45, 2.75) is 0 Å². The van der Waals surface area contributed by atoms with Crippen LogP contribution in [0.5, 0.6) is 0 Å². The summed E-state index contributed by atoms with van der Waals surface area (Å²) >= 11 is 0. The van der Waals surface area contributed by atoms with E-state index in [1.807, 2.05) is 0 Å². The van der Waals surface area contributed by atoms with Crippen molar-refractivity contribution in [3.05, 3.63) is 211 Å². The Morgan fingerprint density at radius 2 is 0.903 bits per heavy atom. The number of para-hydroxylation sites is 4. The molecule has 0 spiro atoms. The van der Waals surface area contributed by atoms with E-state index in [0.29, 0.717) is 34.0 Å². The summed E-state index contributed by atoms with van der Waals surface area (Å²) in [6, 6.07) is 26.1. The van der Waals surface area contributed by atoms with Crippen molar-refractivity contribution in [1.29, 1.82) is 5.26 Å². The predicted octanol–water partition coefficient (Wildman–Crippen LogP) is 15.3. The maximum atomic E-state index is 10.4. The highest BCUT2D eigenvalue weighted by Crippen LogP contribution is 2.51. The van der Waals surface area contributed by atoms with Crippen LogP contribution in [-0.2, 0) is 0 Å². The van der Waals surface area contributed by atoms with E-state index in [1.165, 1.54) is 8.80 Å². The lowest BCUT2D eigenvalue weighted by molar-refractivity contribution is 1.29. The average Bonchev–Trinajstić information content (AvgIpc) is 4.36. The topological polar surface area (TPSA) is 43.5 Å². The number of nitriles is 1. The Morgan fingerprint density at radius 1 is 0.468 bits per heavy atom. The normalized spacial score (nSPS) is 15.0. The molecule has 62 heavy (non-hydrogen) atoms. The van der Waals surface area contributed by atoms with Crippen LogP contribution in [0.1, 0.15) is 24.8 Å². The summed E-state index contributed by atoms with van der Waals surface area (Å²) in [5, 5.41) is 9.67. The number of fused-ring (bicyclic) bond motifs is 12. The van der Waals surface area contributed by atoms with Gasteiger partial charge in [-0.2, -0.15) is 5.26 Å². The van der Waals surface area contributed by atoms with Gasteiger partial charge in [0.2, 0.25) is 0 Å². The highest BCUT2D eigenvalue weighted by atomic mass is 15.2. The van der Waals surface area contributed by atoms with Crippen LogP contribution in [0.2, 0.25) is 0 Å². The standard InChI is InChI=1S/C56H32N6/c1-58-36-22-26-40(27-23-36)60(38-14-6-3-7-15-38)50-31-29-42-46-33-51-45(32-52(46)62-48-19-11-9-17-44(48)54(50)56(42)62)41-28-30-49(53-43-16-8-10-18-47(43)61(51)55(41)53)59(37-12-4-2-5-13-37)39-24-20-35(34-57)21-25-39/h2-33H/i8D,9D,10D,11D,16D,17D,18D,19D,28D,29D,30D,31D,32D,33D. The highest BCUT2D eigenvalue weighted by molar-refractivity contribution is 6.32. The summed E-state index contributed by atoms with van der Waals surface area (Å²) in [6.45, 7) is 7.62. The van der Waals surface area contributed by atoms with Crippen LogP contribution in [0.4, 0.5) is 39.8 Å². The lowest BCUT2D eigenvalue weighted by atomic mass is 10.0. The fourth-order valence-electron chi connectivity index (χ4n) is 9.07. The first kappa shape index (κ1) is 23.1. The second-order valence-electron chi connectivity index (χ2n) is 14.8. The van der Waals surface area contributed by atoms with E-state index < -0.39 is 72.5 Å². The molecule has 0 saturated heterocycles. The van der Waals surface area contributed by atoms with Gasteiger partial charge in [-0.05, 0) is 96.9 Å². The summed E-state index contributed by atoms with van der Waals surface area (Å²) in [5.74, 6) is 0. The SMILES string of the molecule is [2H]c1c([2H])c([2H])c2c(c1[2H])c1c(N(c3ccccc3)c3ccc(C#N)cc3)c([2H])c([2H])c3c4c([2H])c5c(c([2H])c4n2c31)c1c([2H])c([2H])c(N(c2ccccc2)c2ccc([N+]#[C-])cc2)c2c3c([2H])c([2H])c([2H])c([2H])c3n5c12. The van der Waals surface area contributed by atoms with Gasteiger partial charge in [-0.15, -0.1) is 0 Å². The third-order valence-corrected chi connectivity index (χ3v) is 11.6. The molecule has 13 aromatic rings. The molecule has 6 heteroatoms. The van der Waals surface area contributed by atoms with Gasteiger partial charge in [0.1, 0.15) is 0 Å². The predicted molar refractivity (Wildman–Crippen MR) is 256 cm³/mol. The van der Waals surface area contributed by atoms with Crippen molar-refractivity contribution in [3.63, 3.8) is 0 Å². The van der Waals surface area contributed by atoms with Crippen LogP contribution in [0.25, 0.3) is 81.0 Å². The molecule has 0 bridgehead atoms. The van der Waals surface area contributed by atoms with Crippen molar-refractivity contribution < 1.29 is 19.2 Å². The monoisotopic (exact) mass is 802 g/mol. The Labute approximate surface area is 375 Å². The highest BCUT2D eigenvalue weighted by Gasteiger charge is 2.27. The summed E-state index contributed by atoms with van der Waals surface area (Å²) < 4.78 is 138. The molecule has 13 rings (SSSR count). The lowest BCUT2D eigenvalue weighted by Crippen LogP contribution is -2.10. The largest absolute Gasteiger partial charge is 0.310 e. The minimum Gasteiger partial charge on any atom is -0.310 e.